The van der Waals surface area contributed by atoms with Gasteiger partial charge in [0, 0.05) is 12.1 Å². The Hall–Kier alpha value is -0.0800. The molecular weight excluding hydrogens is 232 g/mol. The molecule has 0 aromatic rings. The van der Waals surface area contributed by atoms with Crippen molar-refractivity contribution >= 4 is 0 Å². The number of piperidine rings is 1. The number of likely N-dealkylation sites (tertiary alicyclic amines) is 1. The van der Waals surface area contributed by atoms with Gasteiger partial charge in [-0.05, 0) is 57.7 Å². The fourth-order valence-electron chi connectivity index (χ4n) is 3.04. The van der Waals surface area contributed by atoms with E-state index in [-0.39, 0.29) is 0 Å². The molecule has 1 aliphatic rings. The first kappa shape index (κ1) is 17.0. The normalized spacial score (nSPS) is 21.5. The van der Waals surface area contributed by atoms with E-state index >= 15 is 0 Å². The molecule has 0 bridgehead atoms. The summed E-state index contributed by atoms with van der Waals surface area (Å²) in [5, 5.41) is 3.92. The van der Waals surface area contributed by atoms with Gasteiger partial charge in [-0.2, -0.15) is 0 Å². The molecule has 1 rings (SSSR count). The molecule has 0 aromatic carbocycles. The number of unbranched alkanes of at least 4 members (excludes halogenated alkanes) is 1. The summed E-state index contributed by atoms with van der Waals surface area (Å²) in [6.07, 6.45) is 9.33. The number of hydrogen-bond donors (Lipinski definition) is 1. The lowest BCUT2D eigenvalue weighted by molar-refractivity contribution is 0.184. The van der Waals surface area contributed by atoms with E-state index in [4.69, 9.17) is 0 Å². The Bertz CT molecular complexity index is 209. The number of hydrogen-bond acceptors (Lipinski definition) is 2. The summed E-state index contributed by atoms with van der Waals surface area (Å²) in [5.74, 6) is 0.863. The molecular formula is C17H36N2. The quantitative estimate of drug-likeness (QED) is 0.678. The lowest BCUT2D eigenvalue weighted by atomic mass is 9.95. The van der Waals surface area contributed by atoms with Crippen LogP contribution in [0.3, 0.4) is 0 Å². The van der Waals surface area contributed by atoms with Crippen LogP contribution in [-0.4, -0.2) is 36.6 Å². The maximum atomic E-state index is 3.92. The number of nitrogens with zero attached hydrogens (tertiary/aromatic N) is 1. The van der Waals surface area contributed by atoms with E-state index in [0.29, 0.717) is 0 Å². The average Bonchev–Trinajstić information content (AvgIpc) is 2.45. The molecule has 0 radical (unpaired) electrons. The van der Waals surface area contributed by atoms with Gasteiger partial charge in [-0.15, -0.1) is 0 Å². The second kappa shape index (κ2) is 9.77. The highest BCUT2D eigenvalue weighted by Crippen LogP contribution is 2.16. The molecule has 2 atom stereocenters. The molecule has 2 heteroatoms. The van der Waals surface area contributed by atoms with Crippen molar-refractivity contribution in [3.8, 4) is 0 Å². The molecule has 114 valence electrons. The van der Waals surface area contributed by atoms with E-state index in [0.717, 1.165) is 18.0 Å². The first-order valence-corrected chi connectivity index (χ1v) is 8.67. The highest BCUT2D eigenvalue weighted by molar-refractivity contribution is 4.81. The van der Waals surface area contributed by atoms with Gasteiger partial charge < -0.3 is 10.2 Å². The van der Waals surface area contributed by atoms with Gasteiger partial charge >= 0.3 is 0 Å². The van der Waals surface area contributed by atoms with Crippen molar-refractivity contribution in [2.45, 2.75) is 84.7 Å². The minimum atomic E-state index is 0.738. The van der Waals surface area contributed by atoms with Crippen LogP contribution in [0, 0.1) is 5.92 Å². The molecule has 0 aliphatic carbocycles. The van der Waals surface area contributed by atoms with E-state index in [1.807, 2.05) is 0 Å². The van der Waals surface area contributed by atoms with Crippen molar-refractivity contribution < 1.29 is 0 Å². The van der Waals surface area contributed by atoms with Crippen LogP contribution in [0.25, 0.3) is 0 Å². The average molecular weight is 268 g/mol. The van der Waals surface area contributed by atoms with Gasteiger partial charge in [0.1, 0.15) is 0 Å². The van der Waals surface area contributed by atoms with Crippen LogP contribution in [0.1, 0.15) is 72.6 Å². The minimum Gasteiger partial charge on any atom is -0.311 e. The summed E-state index contributed by atoms with van der Waals surface area (Å²) in [6.45, 7) is 13.2. The monoisotopic (exact) mass is 268 g/mol. The van der Waals surface area contributed by atoms with Crippen molar-refractivity contribution in [3.63, 3.8) is 0 Å². The molecule has 2 unspecified atom stereocenters. The zero-order chi connectivity index (χ0) is 14.1. The first-order valence-electron chi connectivity index (χ1n) is 8.67. The summed E-state index contributed by atoms with van der Waals surface area (Å²) in [5.41, 5.74) is 0. The van der Waals surface area contributed by atoms with Gasteiger partial charge in [0.25, 0.3) is 0 Å². The molecule has 0 aromatic heterocycles. The summed E-state index contributed by atoms with van der Waals surface area (Å²) in [7, 11) is 0. The van der Waals surface area contributed by atoms with Crippen LogP contribution in [-0.2, 0) is 0 Å². The maximum absolute atomic E-state index is 3.92. The molecule has 19 heavy (non-hydrogen) atoms. The molecule has 1 heterocycles. The van der Waals surface area contributed by atoms with E-state index in [1.165, 1.54) is 64.6 Å². The highest BCUT2D eigenvalue weighted by Gasteiger charge is 2.21. The van der Waals surface area contributed by atoms with Crippen molar-refractivity contribution in [2.24, 2.45) is 5.92 Å². The summed E-state index contributed by atoms with van der Waals surface area (Å²) in [6, 6.07) is 1.51. The van der Waals surface area contributed by atoms with Crippen molar-refractivity contribution in [1.82, 2.24) is 10.2 Å². The number of rotatable bonds is 9. The molecule has 0 amide bonds. The second-order valence-electron chi connectivity index (χ2n) is 6.49. The standard InChI is InChI=1S/C17H36N2/c1-5-8-11-19-12-9-17(10-13-19)18-16(7-3)14-15(4)6-2/h15-18H,5-14H2,1-4H3. The smallest absolute Gasteiger partial charge is 0.00940 e. The van der Waals surface area contributed by atoms with E-state index in [2.05, 4.69) is 37.9 Å². The number of nitrogens with one attached hydrogen (secondary N) is 1. The zero-order valence-corrected chi connectivity index (χ0v) is 13.8. The van der Waals surface area contributed by atoms with Crippen LogP contribution in [0.2, 0.25) is 0 Å². The molecule has 1 fully saturated rings. The van der Waals surface area contributed by atoms with Gasteiger partial charge in [0.2, 0.25) is 0 Å². The molecule has 0 spiro atoms. The van der Waals surface area contributed by atoms with Crippen molar-refractivity contribution in [2.75, 3.05) is 19.6 Å². The van der Waals surface area contributed by atoms with E-state index in [9.17, 15) is 0 Å². The van der Waals surface area contributed by atoms with E-state index in [1.54, 1.807) is 0 Å². The van der Waals surface area contributed by atoms with Crippen molar-refractivity contribution in [3.05, 3.63) is 0 Å². The third-order valence-electron chi connectivity index (χ3n) is 4.76. The Morgan fingerprint density at radius 2 is 1.79 bits per heavy atom. The Labute approximate surface area is 121 Å². The second-order valence-corrected chi connectivity index (χ2v) is 6.49. The Balaban J connectivity index is 2.22. The fraction of sp³-hybridized carbons (Fsp3) is 1.00. The predicted octanol–water partition coefficient (Wildman–Crippen LogP) is 4.06. The van der Waals surface area contributed by atoms with Gasteiger partial charge in [-0.3, -0.25) is 0 Å². The maximum Gasteiger partial charge on any atom is 0.00940 e. The third-order valence-corrected chi connectivity index (χ3v) is 4.76. The predicted molar refractivity (Wildman–Crippen MR) is 85.7 cm³/mol. The lowest BCUT2D eigenvalue weighted by Crippen LogP contribution is -2.46. The van der Waals surface area contributed by atoms with Gasteiger partial charge in [0.05, 0.1) is 0 Å². The molecule has 1 N–H and O–H groups in total. The van der Waals surface area contributed by atoms with Crippen LogP contribution < -0.4 is 5.32 Å². The molecule has 0 saturated carbocycles. The molecule has 1 saturated heterocycles. The van der Waals surface area contributed by atoms with Gasteiger partial charge in [0.15, 0.2) is 0 Å². The lowest BCUT2D eigenvalue weighted by Gasteiger charge is -2.35. The summed E-state index contributed by atoms with van der Waals surface area (Å²) < 4.78 is 0. The zero-order valence-electron chi connectivity index (χ0n) is 13.8. The van der Waals surface area contributed by atoms with Crippen LogP contribution >= 0.6 is 0 Å². The molecule has 1 aliphatic heterocycles. The highest BCUT2D eigenvalue weighted by atomic mass is 15.1. The Kier molecular flexibility index (Phi) is 8.72. The SMILES string of the molecule is CCCCN1CCC(NC(CC)CC(C)CC)CC1. The first-order chi connectivity index (χ1) is 9.19. The Morgan fingerprint density at radius 1 is 1.11 bits per heavy atom. The topological polar surface area (TPSA) is 15.3 Å². The fourth-order valence-corrected chi connectivity index (χ4v) is 3.04. The van der Waals surface area contributed by atoms with Crippen LogP contribution in [0.5, 0.6) is 0 Å². The van der Waals surface area contributed by atoms with Crippen LogP contribution in [0.4, 0.5) is 0 Å². The molecule has 2 nitrogen and oxygen atoms in total. The summed E-state index contributed by atoms with van der Waals surface area (Å²) >= 11 is 0. The Morgan fingerprint density at radius 3 is 2.32 bits per heavy atom. The summed E-state index contributed by atoms with van der Waals surface area (Å²) in [4.78, 5) is 2.65. The van der Waals surface area contributed by atoms with Crippen molar-refractivity contribution in [1.29, 1.82) is 0 Å². The largest absolute Gasteiger partial charge is 0.311 e. The third kappa shape index (κ3) is 6.76. The van der Waals surface area contributed by atoms with E-state index < -0.39 is 0 Å². The van der Waals surface area contributed by atoms with Gasteiger partial charge in [-0.25, -0.2) is 0 Å². The van der Waals surface area contributed by atoms with Gasteiger partial charge in [-0.1, -0.05) is 40.5 Å². The van der Waals surface area contributed by atoms with Crippen LogP contribution in [0.15, 0.2) is 0 Å². The minimum absolute atomic E-state index is 0.738.